The van der Waals surface area contributed by atoms with E-state index < -0.39 is 16.1 Å². The molecule has 0 amide bonds. The van der Waals surface area contributed by atoms with Gasteiger partial charge in [-0.1, -0.05) is 0 Å². The van der Waals surface area contributed by atoms with Crippen molar-refractivity contribution in [3.8, 4) is 5.75 Å². The average Bonchev–Trinajstić information content (AvgIpc) is 1.95. The molecule has 0 radical (unpaired) electrons. The van der Waals surface area contributed by atoms with Crippen molar-refractivity contribution in [3.63, 3.8) is 0 Å². The van der Waals surface area contributed by atoms with Crippen LogP contribution in [0.3, 0.4) is 0 Å². The summed E-state index contributed by atoms with van der Waals surface area (Å²) in [6.45, 7) is 0. The Morgan fingerprint density at radius 2 is 1.57 bits per heavy atom. The molecule has 9 nitrogen and oxygen atoms in total. The number of aromatic nitrogens is 2. The standard InChI is InChI=1S/C4H7N5O4S/c5-2-1(13-14(10,11)12)3(6)9-4(7)8-2/h(H,10,11,12)(H6,5,6,7,8,9). The summed E-state index contributed by atoms with van der Waals surface area (Å²) in [6, 6.07) is 0. The lowest BCUT2D eigenvalue weighted by Gasteiger charge is -2.06. The molecule has 1 rings (SSSR count). The third-order valence-corrected chi connectivity index (χ3v) is 1.50. The fraction of sp³-hybridized carbons (Fsp3) is 0. The Bertz CT molecular complexity index is 434. The van der Waals surface area contributed by atoms with Crippen molar-refractivity contribution in [1.29, 1.82) is 0 Å². The van der Waals surface area contributed by atoms with Crippen molar-refractivity contribution in [3.05, 3.63) is 0 Å². The number of hydrogen-bond acceptors (Lipinski definition) is 8. The van der Waals surface area contributed by atoms with Gasteiger partial charge in [-0.2, -0.15) is 18.4 Å². The van der Waals surface area contributed by atoms with Gasteiger partial charge in [0.15, 0.2) is 11.6 Å². The Hall–Kier alpha value is -1.81. The maximum absolute atomic E-state index is 10.3. The molecule has 0 fully saturated rings. The van der Waals surface area contributed by atoms with E-state index in [0.717, 1.165) is 0 Å². The van der Waals surface area contributed by atoms with Crippen LogP contribution in [-0.4, -0.2) is 22.9 Å². The molecule has 0 bridgehead atoms. The van der Waals surface area contributed by atoms with Crippen molar-refractivity contribution in [1.82, 2.24) is 9.97 Å². The molecule has 10 heteroatoms. The Balaban J connectivity index is 3.22. The molecule has 0 aromatic carbocycles. The second-order valence-electron chi connectivity index (χ2n) is 2.19. The predicted octanol–water partition coefficient (Wildman–Crippen LogP) is -1.60. The zero-order valence-electron chi connectivity index (χ0n) is 6.71. The summed E-state index contributed by atoms with van der Waals surface area (Å²) in [5, 5.41) is 0. The van der Waals surface area contributed by atoms with Crippen molar-refractivity contribution in [2.45, 2.75) is 0 Å². The van der Waals surface area contributed by atoms with E-state index in [9.17, 15) is 8.42 Å². The summed E-state index contributed by atoms with van der Waals surface area (Å²) >= 11 is 0. The van der Waals surface area contributed by atoms with Crippen LogP contribution in [0.15, 0.2) is 0 Å². The lowest BCUT2D eigenvalue weighted by Crippen LogP contribution is -2.13. The fourth-order valence-electron chi connectivity index (χ4n) is 0.695. The normalized spacial score (nSPS) is 11.2. The molecule has 0 aliphatic heterocycles. The minimum absolute atomic E-state index is 0.234. The smallest absolute Gasteiger partial charge is 0.380 e. The van der Waals surface area contributed by atoms with Crippen molar-refractivity contribution in [2.24, 2.45) is 0 Å². The molecule has 0 unspecified atom stereocenters. The van der Waals surface area contributed by atoms with Crippen LogP contribution in [0.1, 0.15) is 0 Å². The molecule has 0 aliphatic rings. The zero-order chi connectivity index (χ0) is 10.9. The van der Waals surface area contributed by atoms with E-state index in [2.05, 4.69) is 14.2 Å². The molecule has 1 aromatic rings. The van der Waals surface area contributed by atoms with Gasteiger partial charge in [-0.25, -0.2) is 0 Å². The third-order valence-electron chi connectivity index (χ3n) is 1.12. The number of hydrogen-bond donors (Lipinski definition) is 4. The zero-order valence-corrected chi connectivity index (χ0v) is 7.52. The first kappa shape index (κ1) is 10.3. The molecule has 1 heterocycles. The van der Waals surface area contributed by atoms with E-state index >= 15 is 0 Å². The Kier molecular flexibility index (Phi) is 2.32. The highest BCUT2D eigenvalue weighted by atomic mass is 32.3. The summed E-state index contributed by atoms with van der Waals surface area (Å²) < 4.78 is 33.0. The molecular weight excluding hydrogens is 214 g/mol. The topological polar surface area (TPSA) is 167 Å². The molecule has 0 aliphatic carbocycles. The van der Waals surface area contributed by atoms with E-state index in [1.54, 1.807) is 0 Å². The van der Waals surface area contributed by atoms with Crippen LogP contribution in [0, 0.1) is 0 Å². The third kappa shape index (κ3) is 2.34. The molecule has 0 atom stereocenters. The second kappa shape index (κ2) is 3.16. The summed E-state index contributed by atoms with van der Waals surface area (Å²) in [5.74, 6) is -1.55. The molecule has 14 heavy (non-hydrogen) atoms. The van der Waals surface area contributed by atoms with E-state index in [4.69, 9.17) is 21.8 Å². The van der Waals surface area contributed by atoms with Gasteiger partial charge >= 0.3 is 10.4 Å². The van der Waals surface area contributed by atoms with Crippen LogP contribution < -0.4 is 21.4 Å². The van der Waals surface area contributed by atoms with E-state index in [1.807, 2.05) is 0 Å². The minimum Gasteiger partial charge on any atom is -0.380 e. The van der Waals surface area contributed by atoms with Crippen molar-refractivity contribution >= 4 is 28.0 Å². The molecule has 78 valence electrons. The van der Waals surface area contributed by atoms with Crippen LogP contribution in [-0.2, 0) is 10.4 Å². The number of rotatable bonds is 2. The molecule has 0 saturated carbocycles. The number of anilines is 3. The monoisotopic (exact) mass is 221 g/mol. The Morgan fingerprint density at radius 3 is 1.93 bits per heavy atom. The Morgan fingerprint density at radius 1 is 1.14 bits per heavy atom. The van der Waals surface area contributed by atoms with Crippen LogP contribution in [0.5, 0.6) is 5.75 Å². The summed E-state index contributed by atoms with van der Waals surface area (Å²) in [6.07, 6.45) is 0. The maximum atomic E-state index is 10.3. The van der Waals surface area contributed by atoms with Crippen LogP contribution in [0.2, 0.25) is 0 Å². The van der Waals surface area contributed by atoms with Gasteiger partial charge in [-0.05, 0) is 0 Å². The lowest BCUT2D eigenvalue weighted by atomic mass is 10.5. The van der Waals surface area contributed by atoms with Gasteiger partial charge in [0.05, 0.1) is 0 Å². The molecular formula is C4H7N5O4S. The highest BCUT2D eigenvalue weighted by Crippen LogP contribution is 2.26. The number of nitrogen functional groups attached to an aromatic ring is 3. The molecule has 7 N–H and O–H groups in total. The van der Waals surface area contributed by atoms with Gasteiger partial charge in [0.25, 0.3) is 0 Å². The average molecular weight is 221 g/mol. The van der Waals surface area contributed by atoms with E-state index in [1.165, 1.54) is 0 Å². The molecule has 0 saturated heterocycles. The molecule has 0 spiro atoms. The summed E-state index contributed by atoms with van der Waals surface area (Å²) in [4.78, 5) is 6.76. The fourth-order valence-corrected chi connectivity index (χ4v) is 1.08. The first-order valence-corrected chi connectivity index (χ1v) is 4.51. The highest BCUT2D eigenvalue weighted by Gasteiger charge is 2.16. The van der Waals surface area contributed by atoms with Gasteiger partial charge < -0.3 is 21.4 Å². The van der Waals surface area contributed by atoms with Gasteiger partial charge in [0.1, 0.15) is 0 Å². The van der Waals surface area contributed by atoms with Gasteiger partial charge in [0, 0.05) is 0 Å². The van der Waals surface area contributed by atoms with Crippen LogP contribution in [0.4, 0.5) is 17.6 Å². The van der Waals surface area contributed by atoms with Crippen LogP contribution in [0.25, 0.3) is 0 Å². The SMILES string of the molecule is Nc1nc(N)c(OS(=O)(=O)O)c(N)n1. The second-order valence-corrected chi connectivity index (χ2v) is 3.21. The minimum atomic E-state index is -4.72. The van der Waals surface area contributed by atoms with E-state index in [0.29, 0.717) is 0 Å². The van der Waals surface area contributed by atoms with Crippen molar-refractivity contribution < 1.29 is 17.2 Å². The van der Waals surface area contributed by atoms with Crippen molar-refractivity contribution in [2.75, 3.05) is 17.2 Å². The van der Waals surface area contributed by atoms with Gasteiger partial charge in [-0.3, -0.25) is 4.55 Å². The van der Waals surface area contributed by atoms with Gasteiger partial charge in [0.2, 0.25) is 11.7 Å². The number of nitrogens with zero attached hydrogens (tertiary/aromatic N) is 2. The Labute approximate surface area is 78.8 Å². The summed E-state index contributed by atoms with van der Waals surface area (Å²) in [5.41, 5.74) is 15.6. The van der Waals surface area contributed by atoms with Gasteiger partial charge in [-0.15, -0.1) is 0 Å². The first-order valence-electron chi connectivity index (χ1n) is 3.15. The summed E-state index contributed by atoms with van der Waals surface area (Å²) in [7, 11) is -4.72. The largest absolute Gasteiger partial charge is 0.446 e. The quantitative estimate of drug-likeness (QED) is 0.430. The number of nitrogens with two attached hydrogens (primary N) is 3. The molecule has 1 aromatic heterocycles. The lowest BCUT2D eigenvalue weighted by molar-refractivity contribution is 0.387. The highest BCUT2D eigenvalue weighted by molar-refractivity contribution is 7.81. The first-order chi connectivity index (χ1) is 6.29. The maximum Gasteiger partial charge on any atom is 0.446 e. The van der Waals surface area contributed by atoms with E-state index in [-0.39, 0.29) is 17.6 Å². The predicted molar refractivity (Wildman–Crippen MR) is 47.4 cm³/mol. The van der Waals surface area contributed by atoms with Crippen LogP contribution >= 0.6 is 0 Å².